The molecule has 0 atom stereocenters. The highest BCUT2D eigenvalue weighted by Crippen LogP contribution is 2.35. The van der Waals surface area contributed by atoms with Crippen LogP contribution in [0.3, 0.4) is 0 Å². The first-order valence-corrected chi connectivity index (χ1v) is 11.0. The minimum absolute atomic E-state index is 0.0427. The zero-order valence-electron chi connectivity index (χ0n) is 19.5. The van der Waals surface area contributed by atoms with E-state index >= 15 is 0 Å². The molecule has 0 saturated heterocycles. The number of methoxy groups -OCH3 is 2. The first-order chi connectivity index (χ1) is 17.6. The highest BCUT2D eigenvalue weighted by Gasteiger charge is 2.23. The van der Waals surface area contributed by atoms with Gasteiger partial charge >= 0.3 is 0 Å². The average molecular weight is 486 g/mol. The first-order valence-electron chi connectivity index (χ1n) is 11.0. The number of anilines is 2. The van der Waals surface area contributed by atoms with Gasteiger partial charge in [0.2, 0.25) is 18.5 Å². The van der Waals surface area contributed by atoms with Crippen molar-refractivity contribution in [1.29, 1.82) is 0 Å². The van der Waals surface area contributed by atoms with Crippen LogP contribution in [0.1, 0.15) is 16.1 Å². The molecule has 0 fully saturated rings. The second kappa shape index (κ2) is 9.75. The van der Waals surface area contributed by atoms with Crippen LogP contribution in [0.2, 0.25) is 0 Å². The molecule has 0 bridgehead atoms. The monoisotopic (exact) mass is 486 g/mol. The minimum atomic E-state index is -0.551. The summed E-state index contributed by atoms with van der Waals surface area (Å²) in [6.45, 7) is 0.170. The fourth-order valence-electron chi connectivity index (χ4n) is 3.76. The minimum Gasteiger partial charge on any atom is -0.497 e. The SMILES string of the molecule is COc1ccc(NC(=O)c2oc3ccccc3c2NC(=O)/C=C/c2ccc3c(c2)OCO3)c(OC)c1. The molecule has 1 aliphatic heterocycles. The molecule has 182 valence electrons. The maximum Gasteiger partial charge on any atom is 0.293 e. The number of benzene rings is 3. The maximum atomic E-state index is 13.2. The van der Waals surface area contributed by atoms with Crippen LogP contribution in [0.4, 0.5) is 11.4 Å². The Kier molecular flexibility index (Phi) is 6.19. The second-order valence-electron chi connectivity index (χ2n) is 7.76. The summed E-state index contributed by atoms with van der Waals surface area (Å²) in [5.74, 6) is 1.24. The van der Waals surface area contributed by atoms with E-state index in [0.29, 0.717) is 39.7 Å². The Morgan fingerprint density at radius 3 is 2.58 bits per heavy atom. The number of amides is 2. The van der Waals surface area contributed by atoms with E-state index in [9.17, 15) is 9.59 Å². The van der Waals surface area contributed by atoms with Crippen molar-refractivity contribution in [3.8, 4) is 23.0 Å². The Bertz CT molecular complexity index is 1490. The van der Waals surface area contributed by atoms with E-state index < -0.39 is 11.8 Å². The number of fused-ring (bicyclic) bond motifs is 2. The normalized spacial score (nSPS) is 12.1. The summed E-state index contributed by atoms with van der Waals surface area (Å²) in [6.07, 6.45) is 3.01. The molecular weight excluding hydrogens is 464 g/mol. The van der Waals surface area contributed by atoms with Crippen molar-refractivity contribution in [2.24, 2.45) is 0 Å². The molecule has 0 aliphatic carbocycles. The Morgan fingerprint density at radius 2 is 1.75 bits per heavy atom. The molecule has 9 nitrogen and oxygen atoms in total. The van der Waals surface area contributed by atoms with Crippen molar-refractivity contribution >= 4 is 40.2 Å². The Balaban J connectivity index is 1.40. The largest absolute Gasteiger partial charge is 0.497 e. The molecule has 0 saturated carbocycles. The van der Waals surface area contributed by atoms with Gasteiger partial charge in [-0.1, -0.05) is 18.2 Å². The summed E-state index contributed by atoms with van der Waals surface area (Å²) in [7, 11) is 3.03. The van der Waals surface area contributed by atoms with E-state index in [2.05, 4.69) is 10.6 Å². The number of para-hydroxylation sites is 1. The van der Waals surface area contributed by atoms with Crippen LogP contribution in [0.15, 0.2) is 71.2 Å². The van der Waals surface area contributed by atoms with Gasteiger partial charge < -0.3 is 34.0 Å². The molecule has 0 unspecified atom stereocenters. The predicted octanol–water partition coefficient (Wildman–Crippen LogP) is 5.08. The van der Waals surface area contributed by atoms with E-state index in [1.54, 1.807) is 60.7 Å². The Hall–Kier alpha value is -4.92. The first kappa shape index (κ1) is 22.9. The summed E-state index contributed by atoms with van der Waals surface area (Å²) >= 11 is 0. The van der Waals surface area contributed by atoms with E-state index in [1.807, 2.05) is 6.07 Å². The third-order valence-corrected chi connectivity index (χ3v) is 5.53. The number of hydrogen-bond donors (Lipinski definition) is 2. The van der Waals surface area contributed by atoms with Crippen LogP contribution in [0.5, 0.6) is 23.0 Å². The van der Waals surface area contributed by atoms with Crippen LogP contribution in [-0.2, 0) is 4.79 Å². The Morgan fingerprint density at radius 1 is 0.917 bits per heavy atom. The van der Waals surface area contributed by atoms with Crippen molar-refractivity contribution in [3.05, 3.63) is 78.1 Å². The molecular formula is C27H22N2O7. The summed E-state index contributed by atoms with van der Waals surface area (Å²) in [6, 6.07) is 17.4. The number of furan rings is 1. The molecule has 2 heterocycles. The second-order valence-corrected chi connectivity index (χ2v) is 7.76. The summed E-state index contributed by atoms with van der Waals surface area (Å²) in [5.41, 5.74) is 1.90. The zero-order valence-corrected chi connectivity index (χ0v) is 19.5. The molecule has 4 aromatic rings. The van der Waals surface area contributed by atoms with Crippen molar-refractivity contribution < 1.29 is 33.0 Å². The number of hydrogen-bond acceptors (Lipinski definition) is 7. The highest BCUT2D eigenvalue weighted by molar-refractivity contribution is 6.16. The molecule has 2 amide bonds. The quantitative estimate of drug-likeness (QED) is 0.351. The van der Waals surface area contributed by atoms with Crippen LogP contribution in [0.25, 0.3) is 17.0 Å². The van der Waals surface area contributed by atoms with Crippen LogP contribution < -0.4 is 29.6 Å². The van der Waals surface area contributed by atoms with Crippen molar-refractivity contribution in [2.75, 3.05) is 31.6 Å². The lowest BCUT2D eigenvalue weighted by molar-refractivity contribution is -0.111. The molecule has 36 heavy (non-hydrogen) atoms. The fraction of sp³-hybridized carbons (Fsp3) is 0.111. The van der Waals surface area contributed by atoms with Gasteiger partial charge in [0.15, 0.2) is 11.5 Å². The molecule has 3 aromatic carbocycles. The Labute approximate surface area is 206 Å². The molecule has 9 heteroatoms. The lowest BCUT2D eigenvalue weighted by Crippen LogP contribution is -2.16. The molecule has 0 radical (unpaired) electrons. The lowest BCUT2D eigenvalue weighted by atomic mass is 10.2. The molecule has 1 aliphatic rings. The average Bonchev–Trinajstić information content (AvgIpc) is 3.52. The molecule has 1 aromatic heterocycles. The highest BCUT2D eigenvalue weighted by atomic mass is 16.7. The summed E-state index contributed by atoms with van der Waals surface area (Å²) < 4.78 is 27.1. The number of carbonyl (C=O) groups is 2. The van der Waals surface area contributed by atoms with E-state index in [1.165, 1.54) is 20.3 Å². The third-order valence-electron chi connectivity index (χ3n) is 5.53. The predicted molar refractivity (Wildman–Crippen MR) is 134 cm³/mol. The summed E-state index contributed by atoms with van der Waals surface area (Å²) in [4.78, 5) is 26.0. The zero-order chi connectivity index (χ0) is 25.1. The van der Waals surface area contributed by atoms with Crippen molar-refractivity contribution in [1.82, 2.24) is 0 Å². The van der Waals surface area contributed by atoms with Gasteiger partial charge in [-0.2, -0.15) is 0 Å². The van der Waals surface area contributed by atoms with Gasteiger partial charge in [-0.15, -0.1) is 0 Å². The number of ether oxygens (including phenoxy) is 4. The van der Waals surface area contributed by atoms with Gasteiger partial charge in [-0.05, 0) is 48.0 Å². The molecule has 2 N–H and O–H groups in total. The number of nitrogens with one attached hydrogen (secondary N) is 2. The maximum absolute atomic E-state index is 13.2. The van der Waals surface area contributed by atoms with Gasteiger partial charge in [-0.25, -0.2) is 0 Å². The van der Waals surface area contributed by atoms with Gasteiger partial charge in [0.25, 0.3) is 5.91 Å². The van der Waals surface area contributed by atoms with Gasteiger partial charge in [0.05, 0.1) is 19.9 Å². The molecule has 5 rings (SSSR count). The fourth-order valence-corrected chi connectivity index (χ4v) is 3.76. The van der Waals surface area contributed by atoms with Gasteiger partial charge in [-0.3, -0.25) is 9.59 Å². The van der Waals surface area contributed by atoms with Crippen molar-refractivity contribution in [2.45, 2.75) is 0 Å². The molecule has 0 spiro atoms. The van der Waals surface area contributed by atoms with Crippen LogP contribution in [0, 0.1) is 0 Å². The van der Waals surface area contributed by atoms with Crippen LogP contribution in [-0.4, -0.2) is 32.8 Å². The van der Waals surface area contributed by atoms with E-state index in [-0.39, 0.29) is 18.2 Å². The number of rotatable bonds is 7. The summed E-state index contributed by atoms with van der Waals surface area (Å²) in [5, 5.41) is 6.15. The standard InChI is InChI=1S/C27H22N2O7/c1-32-17-9-10-19(22(14-17)33-2)28-27(31)26-25(18-5-3-4-6-20(18)36-26)29-24(30)12-8-16-7-11-21-23(13-16)35-15-34-21/h3-14H,15H2,1-2H3,(H,28,31)(H,29,30)/b12-8+. The smallest absolute Gasteiger partial charge is 0.293 e. The van der Waals surface area contributed by atoms with Crippen LogP contribution >= 0.6 is 0 Å². The van der Waals surface area contributed by atoms with Gasteiger partial charge in [0.1, 0.15) is 22.8 Å². The topological polar surface area (TPSA) is 108 Å². The van der Waals surface area contributed by atoms with Gasteiger partial charge in [0, 0.05) is 17.5 Å². The van der Waals surface area contributed by atoms with Crippen molar-refractivity contribution in [3.63, 3.8) is 0 Å². The third kappa shape index (κ3) is 4.54. The van der Waals surface area contributed by atoms with E-state index in [4.69, 9.17) is 23.4 Å². The van der Waals surface area contributed by atoms with E-state index in [0.717, 1.165) is 5.56 Å². The number of carbonyl (C=O) groups excluding carboxylic acids is 2. The lowest BCUT2D eigenvalue weighted by Gasteiger charge is -2.11.